The van der Waals surface area contributed by atoms with E-state index >= 15 is 0 Å². The molecule has 8 heteroatoms. The second kappa shape index (κ2) is 7.90. The predicted molar refractivity (Wildman–Crippen MR) is 119 cm³/mol. The minimum absolute atomic E-state index is 0.403. The van der Waals surface area contributed by atoms with Crippen LogP contribution in [0.3, 0.4) is 0 Å². The second-order valence-electron chi connectivity index (χ2n) is 6.72. The van der Waals surface area contributed by atoms with Crippen molar-refractivity contribution in [3.05, 3.63) is 71.1 Å². The number of benzene rings is 2. The Bertz CT molecular complexity index is 1150. The fourth-order valence-electron chi connectivity index (χ4n) is 3.06. The Morgan fingerprint density at radius 2 is 1.83 bits per heavy atom. The third-order valence-electron chi connectivity index (χ3n) is 4.57. The fraction of sp³-hybridized carbons (Fsp3) is 0.143. The Kier molecular flexibility index (Phi) is 5.31. The number of nitrogens with one attached hydrogen (secondary N) is 2. The van der Waals surface area contributed by atoms with Crippen LogP contribution in [0.4, 0.5) is 11.4 Å². The molecular weight excluding hydrogens is 406 g/mol. The van der Waals surface area contributed by atoms with Crippen molar-refractivity contribution in [2.24, 2.45) is 5.14 Å². The fourth-order valence-corrected chi connectivity index (χ4v) is 4.26. The van der Waals surface area contributed by atoms with E-state index in [9.17, 15) is 8.42 Å². The highest BCUT2D eigenvalue weighted by atomic mass is 32.2. The van der Waals surface area contributed by atoms with E-state index in [1.54, 1.807) is 24.5 Å². The van der Waals surface area contributed by atoms with Gasteiger partial charge in [-0.25, -0.2) is 5.14 Å². The molecule has 0 saturated heterocycles. The van der Waals surface area contributed by atoms with Crippen molar-refractivity contribution >= 4 is 38.6 Å². The lowest BCUT2D eigenvalue weighted by Gasteiger charge is -2.17. The molecule has 0 spiro atoms. The molecule has 1 heterocycles. The van der Waals surface area contributed by atoms with Crippen molar-refractivity contribution in [3.63, 3.8) is 0 Å². The maximum atomic E-state index is 11.7. The van der Waals surface area contributed by atoms with Gasteiger partial charge in [0.05, 0.1) is 18.5 Å². The summed E-state index contributed by atoms with van der Waals surface area (Å²) in [5.74, 6) is 0.783. The highest BCUT2D eigenvalue weighted by molar-refractivity contribution is 7.90. The highest BCUT2D eigenvalue weighted by Gasteiger charge is 2.21. The third-order valence-corrected chi connectivity index (χ3v) is 5.99. The SMILES string of the molecule is COc1ccc(C(Nc2cc(-c3cccs3)ccc2NS(N)(=O)=O)=C2CC2)cc1. The van der Waals surface area contributed by atoms with Crippen molar-refractivity contribution in [3.8, 4) is 16.2 Å². The summed E-state index contributed by atoms with van der Waals surface area (Å²) in [6, 6.07) is 17.3. The summed E-state index contributed by atoms with van der Waals surface area (Å²) in [6.07, 6.45) is 2.02. The molecule has 1 aromatic heterocycles. The van der Waals surface area contributed by atoms with E-state index in [4.69, 9.17) is 9.88 Å². The van der Waals surface area contributed by atoms with Gasteiger partial charge < -0.3 is 10.1 Å². The number of thiophene rings is 1. The summed E-state index contributed by atoms with van der Waals surface area (Å²) in [5, 5.41) is 10.7. The smallest absolute Gasteiger partial charge is 0.296 e. The molecule has 3 aromatic rings. The Balaban J connectivity index is 1.74. The largest absolute Gasteiger partial charge is 0.497 e. The van der Waals surface area contributed by atoms with Crippen molar-refractivity contribution in [1.29, 1.82) is 0 Å². The van der Waals surface area contributed by atoms with Crippen LogP contribution in [0.1, 0.15) is 18.4 Å². The second-order valence-corrected chi connectivity index (χ2v) is 8.96. The average molecular weight is 428 g/mol. The Morgan fingerprint density at radius 1 is 1.07 bits per heavy atom. The maximum absolute atomic E-state index is 11.7. The number of hydrogen-bond donors (Lipinski definition) is 3. The van der Waals surface area contributed by atoms with Crippen LogP contribution in [-0.4, -0.2) is 15.5 Å². The molecule has 150 valence electrons. The number of anilines is 2. The topological polar surface area (TPSA) is 93.4 Å². The molecule has 2 aromatic carbocycles. The number of rotatable bonds is 7. The highest BCUT2D eigenvalue weighted by Crippen LogP contribution is 2.40. The van der Waals surface area contributed by atoms with E-state index in [0.717, 1.165) is 40.3 Å². The lowest BCUT2D eigenvalue weighted by molar-refractivity contribution is 0.415. The van der Waals surface area contributed by atoms with Gasteiger partial charge in [-0.1, -0.05) is 12.1 Å². The van der Waals surface area contributed by atoms with E-state index in [0.29, 0.717) is 11.4 Å². The predicted octanol–water partition coefficient (Wildman–Crippen LogP) is 4.66. The molecule has 0 amide bonds. The molecule has 6 nitrogen and oxygen atoms in total. The molecule has 0 aliphatic heterocycles. The van der Waals surface area contributed by atoms with E-state index < -0.39 is 10.2 Å². The summed E-state index contributed by atoms with van der Waals surface area (Å²) in [6.45, 7) is 0. The number of allylic oxidation sites excluding steroid dienone is 1. The first-order valence-corrected chi connectivity index (χ1v) is 11.5. The van der Waals surface area contributed by atoms with Crippen LogP contribution in [0.25, 0.3) is 16.1 Å². The molecule has 1 fully saturated rings. The number of ether oxygens (including phenoxy) is 1. The van der Waals surface area contributed by atoms with E-state index in [-0.39, 0.29) is 0 Å². The van der Waals surface area contributed by atoms with E-state index in [2.05, 4.69) is 10.0 Å². The standard InChI is InChI=1S/C21H21N3O3S2/c1-27-17-9-6-15(7-10-17)21(14-4-5-14)23-19-13-16(20-3-2-12-28-20)8-11-18(19)24-29(22,25)26/h2-3,6-13,23-24H,4-5H2,1H3,(H2,22,25,26). The van der Waals surface area contributed by atoms with Crippen LogP contribution >= 0.6 is 11.3 Å². The first-order valence-electron chi connectivity index (χ1n) is 9.05. The van der Waals surface area contributed by atoms with Crippen molar-refractivity contribution in [1.82, 2.24) is 0 Å². The molecule has 0 bridgehead atoms. The zero-order valence-electron chi connectivity index (χ0n) is 15.8. The molecular formula is C21H21N3O3S2. The first kappa shape index (κ1) is 19.5. The Labute approximate surface area is 174 Å². The summed E-state index contributed by atoms with van der Waals surface area (Å²) in [4.78, 5) is 1.10. The minimum atomic E-state index is -3.90. The molecule has 1 aliphatic carbocycles. The molecule has 4 N–H and O–H groups in total. The van der Waals surface area contributed by atoms with Gasteiger partial charge in [-0.3, -0.25) is 4.72 Å². The van der Waals surface area contributed by atoms with Gasteiger partial charge in [0.25, 0.3) is 10.2 Å². The van der Waals surface area contributed by atoms with Gasteiger partial charge in [0.2, 0.25) is 0 Å². The van der Waals surface area contributed by atoms with Crippen LogP contribution < -0.4 is 19.9 Å². The molecule has 4 rings (SSSR count). The number of methoxy groups -OCH3 is 1. The minimum Gasteiger partial charge on any atom is -0.497 e. The van der Waals surface area contributed by atoms with E-state index in [1.807, 2.05) is 53.9 Å². The van der Waals surface area contributed by atoms with Gasteiger partial charge in [0.1, 0.15) is 5.75 Å². The first-order chi connectivity index (χ1) is 13.9. The van der Waals surface area contributed by atoms with Crippen LogP contribution in [0.15, 0.2) is 65.6 Å². The van der Waals surface area contributed by atoms with Gasteiger partial charge in [0.15, 0.2) is 0 Å². The lowest BCUT2D eigenvalue weighted by Crippen LogP contribution is -2.22. The summed E-state index contributed by atoms with van der Waals surface area (Å²) >= 11 is 1.62. The van der Waals surface area contributed by atoms with Crippen molar-refractivity contribution in [2.45, 2.75) is 12.8 Å². The third kappa shape index (κ3) is 4.79. The quantitative estimate of drug-likeness (QED) is 0.511. The monoisotopic (exact) mass is 427 g/mol. The molecule has 1 aliphatic rings. The van der Waals surface area contributed by atoms with Crippen LogP contribution in [0.5, 0.6) is 5.75 Å². The van der Waals surface area contributed by atoms with Gasteiger partial charge in [-0.15, -0.1) is 11.3 Å². The van der Waals surface area contributed by atoms with Crippen molar-refractivity contribution in [2.75, 3.05) is 17.1 Å². The Hall–Kier alpha value is -2.81. The molecule has 1 saturated carbocycles. The van der Waals surface area contributed by atoms with Crippen LogP contribution in [0.2, 0.25) is 0 Å². The van der Waals surface area contributed by atoms with Crippen LogP contribution in [-0.2, 0) is 10.2 Å². The maximum Gasteiger partial charge on any atom is 0.296 e. The summed E-state index contributed by atoms with van der Waals surface area (Å²) < 4.78 is 31.0. The van der Waals surface area contributed by atoms with Gasteiger partial charge >= 0.3 is 0 Å². The number of nitrogens with two attached hydrogens (primary N) is 1. The summed E-state index contributed by atoms with van der Waals surface area (Å²) in [7, 11) is -2.27. The average Bonchev–Trinajstić information content (AvgIpc) is 3.39. The molecule has 29 heavy (non-hydrogen) atoms. The zero-order valence-corrected chi connectivity index (χ0v) is 17.4. The van der Waals surface area contributed by atoms with E-state index in [1.165, 1.54) is 5.57 Å². The Morgan fingerprint density at radius 3 is 2.41 bits per heavy atom. The van der Waals surface area contributed by atoms with Gasteiger partial charge in [0, 0.05) is 10.6 Å². The molecule has 0 radical (unpaired) electrons. The molecule has 0 unspecified atom stereocenters. The lowest BCUT2D eigenvalue weighted by atomic mass is 10.1. The zero-order chi connectivity index (χ0) is 20.4. The van der Waals surface area contributed by atoms with Crippen LogP contribution in [0, 0.1) is 0 Å². The summed E-state index contributed by atoms with van der Waals surface area (Å²) in [5.41, 5.74) is 5.33. The number of hydrogen-bond acceptors (Lipinski definition) is 5. The normalized spacial score (nSPS) is 13.1. The van der Waals surface area contributed by atoms with Gasteiger partial charge in [-0.2, -0.15) is 8.42 Å². The van der Waals surface area contributed by atoms with Crippen molar-refractivity contribution < 1.29 is 13.2 Å². The molecule has 0 atom stereocenters. The van der Waals surface area contributed by atoms with Gasteiger partial charge in [-0.05, 0) is 77.4 Å².